The van der Waals surface area contributed by atoms with Gasteiger partial charge in [0.05, 0.1) is 37.9 Å². The molecule has 3 atom stereocenters. The van der Waals surface area contributed by atoms with E-state index in [-0.39, 0.29) is 15.1 Å². The maximum absolute atomic E-state index is 14.0. The summed E-state index contributed by atoms with van der Waals surface area (Å²) in [5.74, 6) is -3.82. The topological polar surface area (TPSA) is 88.5 Å². The first-order chi connectivity index (χ1) is 20.9. The van der Waals surface area contributed by atoms with Crippen molar-refractivity contribution < 1.29 is 27.6 Å². The van der Waals surface area contributed by atoms with Crippen molar-refractivity contribution in [1.29, 1.82) is 0 Å². The number of hydrogen-bond acceptors (Lipinski definition) is 6. The van der Waals surface area contributed by atoms with Crippen molar-refractivity contribution in [3.8, 4) is 0 Å². The molecule has 0 spiro atoms. The number of nitrogens with zero attached hydrogens (tertiary/aromatic N) is 2. The maximum atomic E-state index is 14.0. The van der Waals surface area contributed by atoms with Gasteiger partial charge in [-0.15, -0.1) is 0 Å². The summed E-state index contributed by atoms with van der Waals surface area (Å²) >= 11 is 20.7. The molecule has 0 bridgehead atoms. The summed E-state index contributed by atoms with van der Waals surface area (Å²) in [6.07, 6.45) is -4.72. The second-order valence-electron chi connectivity index (χ2n) is 9.89. The van der Waals surface area contributed by atoms with E-state index in [1.807, 2.05) is 0 Å². The number of aromatic nitrogens is 1. The molecule has 44 heavy (non-hydrogen) atoms. The fourth-order valence-electron chi connectivity index (χ4n) is 5.37. The molecule has 3 heterocycles. The molecule has 1 aromatic heterocycles. The standard InChI is InChI=1S/C29H17Cl3F3N3O4S2/c30-13-8-10-14(11-9-13)38-25(40)21-20(15-4-3-6-17(31)22(15)32)24-27(43-23(21)26(38)41)37(28(42)44-24)12-19(39)36-18-7-2-1-5-16(18)29(33,34)35/h1-11,20-21,23H,12H2,(H,36,39)/t20-,21-,23+/m0/s1. The van der Waals surface area contributed by atoms with Gasteiger partial charge in [-0.25, -0.2) is 4.90 Å². The van der Waals surface area contributed by atoms with Gasteiger partial charge in [0.1, 0.15) is 11.8 Å². The lowest BCUT2D eigenvalue weighted by Crippen LogP contribution is -2.33. The van der Waals surface area contributed by atoms with E-state index in [0.717, 1.165) is 44.7 Å². The zero-order valence-corrected chi connectivity index (χ0v) is 25.8. The number of alkyl halides is 3. The predicted molar refractivity (Wildman–Crippen MR) is 164 cm³/mol. The second kappa shape index (κ2) is 11.6. The Kier molecular flexibility index (Phi) is 8.08. The van der Waals surface area contributed by atoms with Crippen LogP contribution in [0.15, 0.2) is 76.6 Å². The van der Waals surface area contributed by atoms with Crippen LogP contribution in [0.5, 0.6) is 0 Å². The number of halogens is 6. The largest absolute Gasteiger partial charge is 0.418 e. The Balaban J connectivity index is 1.42. The molecule has 2 aliphatic heterocycles. The summed E-state index contributed by atoms with van der Waals surface area (Å²) < 4.78 is 41.6. The van der Waals surface area contributed by atoms with Gasteiger partial charge < -0.3 is 5.32 Å². The maximum Gasteiger partial charge on any atom is 0.418 e. The van der Waals surface area contributed by atoms with E-state index in [2.05, 4.69) is 5.32 Å². The number of carbonyl (C=O) groups is 3. The quantitative estimate of drug-likeness (QED) is 0.221. The van der Waals surface area contributed by atoms with Gasteiger partial charge >= 0.3 is 11.0 Å². The van der Waals surface area contributed by atoms with Crippen LogP contribution in [-0.2, 0) is 27.1 Å². The molecular weight excluding hydrogens is 682 g/mol. The smallest absolute Gasteiger partial charge is 0.324 e. The van der Waals surface area contributed by atoms with Crippen LogP contribution in [0.3, 0.4) is 0 Å². The van der Waals surface area contributed by atoms with E-state index in [1.165, 1.54) is 24.3 Å². The van der Waals surface area contributed by atoms with Gasteiger partial charge in [-0.3, -0.25) is 23.7 Å². The van der Waals surface area contributed by atoms with Crippen LogP contribution in [0.2, 0.25) is 15.1 Å². The number of nitrogens with one attached hydrogen (secondary N) is 1. The van der Waals surface area contributed by atoms with Gasteiger partial charge in [0.15, 0.2) is 0 Å². The SMILES string of the molecule is O=C(Cn1c2c(sc1=O)[C@@H](c1cccc(Cl)c1Cl)[C@@H]1C(=O)N(c3ccc(Cl)cc3)C(=O)[C@@H]1S2)Nc1ccccc1C(F)(F)F. The van der Waals surface area contributed by atoms with Crippen molar-refractivity contribution in [2.24, 2.45) is 5.92 Å². The highest BCUT2D eigenvalue weighted by Crippen LogP contribution is 2.55. The van der Waals surface area contributed by atoms with Gasteiger partial charge in [0.2, 0.25) is 17.7 Å². The zero-order chi connectivity index (χ0) is 31.5. The Hall–Kier alpha value is -3.29. The number of thiazole rings is 1. The number of hydrogen-bond donors (Lipinski definition) is 1. The molecule has 1 fully saturated rings. The predicted octanol–water partition coefficient (Wildman–Crippen LogP) is 7.32. The lowest BCUT2D eigenvalue weighted by molar-refractivity contribution is -0.137. The third-order valence-electron chi connectivity index (χ3n) is 7.26. The van der Waals surface area contributed by atoms with Crippen molar-refractivity contribution in [2.45, 2.75) is 28.9 Å². The third-order valence-corrected chi connectivity index (χ3v) is 10.9. The lowest BCUT2D eigenvalue weighted by atomic mass is 9.83. The van der Waals surface area contributed by atoms with Gasteiger partial charge in [0.25, 0.3) is 0 Å². The first-order valence-corrected chi connectivity index (χ1v) is 15.6. The lowest BCUT2D eigenvalue weighted by Gasteiger charge is -2.31. The highest BCUT2D eigenvalue weighted by molar-refractivity contribution is 8.00. The summed E-state index contributed by atoms with van der Waals surface area (Å²) in [6.45, 7) is -0.639. The molecule has 226 valence electrons. The summed E-state index contributed by atoms with van der Waals surface area (Å²) in [5.41, 5.74) is -0.794. The number of anilines is 2. The number of thioether (sulfide) groups is 1. The molecule has 1 N–H and O–H groups in total. The van der Waals surface area contributed by atoms with E-state index in [1.54, 1.807) is 30.3 Å². The first kappa shape index (κ1) is 30.7. The minimum Gasteiger partial charge on any atom is -0.324 e. The Morgan fingerprint density at radius 2 is 1.61 bits per heavy atom. The van der Waals surface area contributed by atoms with Crippen molar-refractivity contribution in [3.05, 3.63) is 107 Å². The van der Waals surface area contributed by atoms with E-state index >= 15 is 0 Å². The van der Waals surface area contributed by atoms with E-state index < -0.39 is 63.7 Å². The fraction of sp³-hybridized carbons (Fsp3) is 0.172. The van der Waals surface area contributed by atoms with Gasteiger partial charge in [0, 0.05) is 15.8 Å². The molecule has 15 heteroatoms. The van der Waals surface area contributed by atoms with E-state index in [0.29, 0.717) is 21.2 Å². The summed E-state index contributed by atoms with van der Waals surface area (Å²) in [5, 5.41) is 2.20. The molecule has 3 aromatic carbocycles. The molecule has 3 amide bonds. The summed E-state index contributed by atoms with van der Waals surface area (Å²) in [7, 11) is 0. The Morgan fingerprint density at radius 3 is 2.32 bits per heavy atom. The number of fused-ring (bicyclic) bond motifs is 2. The number of para-hydroxylation sites is 1. The van der Waals surface area contributed by atoms with Crippen LogP contribution in [0.1, 0.15) is 21.9 Å². The van der Waals surface area contributed by atoms with E-state index in [9.17, 15) is 32.3 Å². The molecule has 0 unspecified atom stereocenters. The monoisotopic (exact) mass is 697 g/mol. The number of rotatable bonds is 5. The normalized spacial score (nSPS) is 19.6. The summed E-state index contributed by atoms with van der Waals surface area (Å²) in [4.78, 5) is 55.0. The molecular formula is C29H17Cl3F3N3O4S2. The highest BCUT2D eigenvalue weighted by Gasteiger charge is 2.57. The third kappa shape index (κ3) is 5.32. The highest BCUT2D eigenvalue weighted by atomic mass is 35.5. The van der Waals surface area contributed by atoms with Crippen LogP contribution < -0.4 is 15.1 Å². The molecule has 4 aromatic rings. The minimum absolute atomic E-state index is 0.134. The average Bonchev–Trinajstić information content (AvgIpc) is 3.41. The summed E-state index contributed by atoms with van der Waals surface area (Å²) in [6, 6.07) is 15.5. The molecule has 6 rings (SSSR count). The molecule has 0 aliphatic carbocycles. The number of imide groups is 1. The fourth-order valence-corrected chi connectivity index (χ4v) is 8.68. The number of amides is 3. The van der Waals surface area contributed by atoms with Crippen molar-refractivity contribution in [3.63, 3.8) is 0 Å². The molecule has 7 nitrogen and oxygen atoms in total. The van der Waals surface area contributed by atoms with Gasteiger partial charge in [-0.1, -0.05) is 82.2 Å². The van der Waals surface area contributed by atoms with Crippen molar-refractivity contribution in [2.75, 3.05) is 10.2 Å². The van der Waals surface area contributed by atoms with Crippen LogP contribution in [0.25, 0.3) is 0 Å². The molecule has 2 aliphatic rings. The van der Waals surface area contributed by atoms with Crippen LogP contribution >= 0.6 is 57.9 Å². The van der Waals surface area contributed by atoms with Gasteiger partial charge in [-0.2, -0.15) is 13.2 Å². The molecule has 0 radical (unpaired) electrons. The molecule has 0 saturated carbocycles. The Bertz CT molecular complexity index is 1900. The number of benzene rings is 3. The second-order valence-corrected chi connectivity index (χ2v) is 13.2. The molecule has 1 saturated heterocycles. The van der Waals surface area contributed by atoms with Crippen molar-refractivity contribution >= 4 is 87.0 Å². The first-order valence-electron chi connectivity index (χ1n) is 12.8. The van der Waals surface area contributed by atoms with E-state index in [4.69, 9.17) is 34.8 Å². The zero-order valence-electron chi connectivity index (χ0n) is 21.9. The van der Waals surface area contributed by atoms with Crippen LogP contribution in [0.4, 0.5) is 24.5 Å². The van der Waals surface area contributed by atoms with Crippen LogP contribution in [0, 0.1) is 5.92 Å². The Morgan fingerprint density at radius 1 is 0.909 bits per heavy atom. The minimum atomic E-state index is -4.72. The number of carbonyl (C=O) groups excluding carboxylic acids is 3. The van der Waals surface area contributed by atoms with Crippen molar-refractivity contribution in [1.82, 2.24) is 4.57 Å². The van der Waals surface area contributed by atoms with Gasteiger partial charge in [-0.05, 0) is 48.0 Å². The average molecular weight is 699 g/mol. The van der Waals surface area contributed by atoms with Crippen LogP contribution in [-0.4, -0.2) is 27.5 Å². The Labute approximate surface area is 270 Å².